The van der Waals surface area contributed by atoms with E-state index < -0.39 is 0 Å². The normalized spacial score (nSPS) is 22.2. The van der Waals surface area contributed by atoms with Gasteiger partial charge in [-0.2, -0.15) is 4.79 Å². The van der Waals surface area contributed by atoms with Gasteiger partial charge in [-0.3, -0.25) is 0 Å². The van der Waals surface area contributed by atoms with Gasteiger partial charge in [-0.1, -0.05) is 13.8 Å². The van der Waals surface area contributed by atoms with Crippen LogP contribution in [0.3, 0.4) is 0 Å². The zero-order chi connectivity index (χ0) is 15.8. The van der Waals surface area contributed by atoms with E-state index in [2.05, 4.69) is 17.0 Å². The van der Waals surface area contributed by atoms with Crippen molar-refractivity contribution < 1.29 is 19.0 Å². The molecule has 0 bridgehead atoms. The number of allylic oxidation sites excluding steroid dienone is 2. The maximum atomic E-state index is 9.25. The molecule has 0 aromatic heterocycles. The Kier molecular flexibility index (Phi) is 6.65. The van der Waals surface area contributed by atoms with E-state index >= 15 is 0 Å². The topological polar surface area (TPSA) is 76.1 Å². The molecule has 0 spiro atoms. The first-order chi connectivity index (χ1) is 10.8. The molecule has 0 radical (unpaired) electrons. The SMILES string of the molecule is CCCOC1=CC(C2CNCCO2)=C(OCCC)CC1=[N+]=[N-]. The van der Waals surface area contributed by atoms with Gasteiger partial charge in [0, 0.05) is 18.7 Å². The Morgan fingerprint density at radius 3 is 2.73 bits per heavy atom. The average Bonchev–Trinajstić information content (AvgIpc) is 2.58. The largest absolute Gasteiger partial charge is 0.497 e. The van der Waals surface area contributed by atoms with Crippen LogP contribution in [-0.2, 0) is 14.2 Å². The Labute approximate surface area is 131 Å². The summed E-state index contributed by atoms with van der Waals surface area (Å²) in [6.45, 7) is 7.62. The first kappa shape index (κ1) is 16.7. The molecule has 1 aliphatic carbocycles. The summed E-state index contributed by atoms with van der Waals surface area (Å²) in [6, 6.07) is 0. The monoisotopic (exact) mass is 307 g/mol. The van der Waals surface area contributed by atoms with Crippen molar-refractivity contribution >= 4 is 5.71 Å². The quantitative estimate of drug-likeness (QED) is 0.577. The van der Waals surface area contributed by atoms with Crippen LogP contribution in [0.2, 0.25) is 0 Å². The average molecular weight is 307 g/mol. The fourth-order valence-electron chi connectivity index (χ4n) is 2.47. The van der Waals surface area contributed by atoms with E-state index in [-0.39, 0.29) is 6.10 Å². The third kappa shape index (κ3) is 4.19. The number of nitrogens with one attached hydrogen (secondary N) is 1. The smallest absolute Gasteiger partial charge is 0.340 e. The molecule has 22 heavy (non-hydrogen) atoms. The molecule has 6 nitrogen and oxygen atoms in total. The van der Waals surface area contributed by atoms with Gasteiger partial charge in [0.1, 0.15) is 12.2 Å². The highest BCUT2D eigenvalue weighted by molar-refractivity contribution is 5.97. The van der Waals surface area contributed by atoms with Crippen LogP contribution < -0.4 is 5.32 Å². The molecule has 0 amide bonds. The minimum atomic E-state index is -0.0546. The predicted octanol–water partition coefficient (Wildman–Crippen LogP) is 2.04. The van der Waals surface area contributed by atoms with Crippen molar-refractivity contribution in [1.82, 2.24) is 5.32 Å². The van der Waals surface area contributed by atoms with Crippen molar-refractivity contribution in [1.29, 1.82) is 0 Å². The van der Waals surface area contributed by atoms with Crippen LogP contribution in [-0.4, -0.2) is 49.5 Å². The Morgan fingerprint density at radius 2 is 2.09 bits per heavy atom. The van der Waals surface area contributed by atoms with Crippen LogP contribution in [0.1, 0.15) is 33.1 Å². The van der Waals surface area contributed by atoms with E-state index in [1.54, 1.807) is 0 Å². The summed E-state index contributed by atoms with van der Waals surface area (Å²) < 4.78 is 17.4. The van der Waals surface area contributed by atoms with Crippen LogP contribution in [0.5, 0.6) is 0 Å². The second-order valence-electron chi connectivity index (χ2n) is 5.37. The van der Waals surface area contributed by atoms with Gasteiger partial charge in [0.05, 0.1) is 25.9 Å². The highest BCUT2D eigenvalue weighted by Crippen LogP contribution is 2.27. The molecule has 1 saturated heterocycles. The predicted molar refractivity (Wildman–Crippen MR) is 83.4 cm³/mol. The molecular formula is C16H25N3O3. The highest BCUT2D eigenvalue weighted by atomic mass is 16.5. The standard InChI is InChI=1S/C16H25N3O3/c1-3-6-20-14-10-13(19-17)15(21-7-4-2)9-12(14)16-11-18-5-8-22-16/h9,16,18H,3-8,10-11H2,1-2H3. The summed E-state index contributed by atoms with van der Waals surface area (Å²) >= 11 is 0. The third-order valence-corrected chi connectivity index (χ3v) is 3.56. The van der Waals surface area contributed by atoms with E-state index in [9.17, 15) is 5.53 Å². The van der Waals surface area contributed by atoms with Crippen molar-refractivity contribution in [3.05, 3.63) is 28.7 Å². The lowest BCUT2D eigenvalue weighted by atomic mass is 9.96. The molecule has 122 valence electrons. The summed E-state index contributed by atoms with van der Waals surface area (Å²) in [5.74, 6) is 1.42. The van der Waals surface area contributed by atoms with Crippen LogP contribution in [0.15, 0.2) is 23.2 Å². The third-order valence-electron chi connectivity index (χ3n) is 3.56. The second kappa shape index (κ2) is 8.73. The van der Waals surface area contributed by atoms with Crippen LogP contribution in [0.25, 0.3) is 5.53 Å². The molecule has 1 unspecified atom stereocenters. The molecule has 2 rings (SSSR count). The second-order valence-corrected chi connectivity index (χ2v) is 5.37. The van der Waals surface area contributed by atoms with E-state index in [1.807, 2.05) is 13.0 Å². The zero-order valence-electron chi connectivity index (χ0n) is 13.4. The molecule has 1 heterocycles. The maximum absolute atomic E-state index is 9.25. The van der Waals surface area contributed by atoms with Crippen LogP contribution in [0, 0.1) is 0 Å². The summed E-state index contributed by atoms with van der Waals surface area (Å²) in [5.41, 5.74) is 10.7. The van der Waals surface area contributed by atoms with Gasteiger partial charge in [0.15, 0.2) is 0 Å². The molecule has 6 heteroatoms. The Bertz CT molecular complexity index is 487. The van der Waals surface area contributed by atoms with Gasteiger partial charge in [-0.25, -0.2) is 0 Å². The number of hydrogen-bond donors (Lipinski definition) is 1. The number of nitrogens with zero attached hydrogens (tertiary/aromatic N) is 2. The minimum Gasteiger partial charge on any atom is -0.497 e. The molecule has 1 fully saturated rings. The molecule has 2 aliphatic rings. The lowest BCUT2D eigenvalue weighted by Gasteiger charge is -2.28. The Morgan fingerprint density at radius 1 is 1.32 bits per heavy atom. The fraction of sp³-hybridized carbons (Fsp3) is 0.688. The Hall–Kier alpha value is -1.62. The van der Waals surface area contributed by atoms with Crippen molar-refractivity contribution in [2.24, 2.45) is 0 Å². The maximum Gasteiger partial charge on any atom is 0.340 e. The van der Waals surface area contributed by atoms with Gasteiger partial charge in [-0.15, -0.1) is 0 Å². The summed E-state index contributed by atoms with van der Waals surface area (Å²) in [5, 5.41) is 3.33. The van der Waals surface area contributed by atoms with Crippen LogP contribution >= 0.6 is 0 Å². The fourth-order valence-corrected chi connectivity index (χ4v) is 2.47. The first-order valence-corrected chi connectivity index (χ1v) is 8.04. The van der Waals surface area contributed by atoms with Gasteiger partial charge in [0.2, 0.25) is 5.76 Å². The summed E-state index contributed by atoms with van der Waals surface area (Å²) in [7, 11) is 0. The van der Waals surface area contributed by atoms with E-state index in [0.29, 0.717) is 37.7 Å². The first-order valence-electron chi connectivity index (χ1n) is 8.04. The minimum absolute atomic E-state index is 0.0546. The Balaban J connectivity index is 2.27. The van der Waals surface area contributed by atoms with Crippen molar-refractivity contribution in [2.45, 2.75) is 39.2 Å². The molecule has 0 aromatic rings. The van der Waals surface area contributed by atoms with Gasteiger partial charge in [0.25, 0.3) is 0 Å². The van der Waals surface area contributed by atoms with Gasteiger partial charge >= 0.3 is 5.71 Å². The van der Waals surface area contributed by atoms with Crippen LogP contribution in [0.4, 0.5) is 0 Å². The molecule has 1 N–H and O–H groups in total. The number of rotatable bonds is 7. The van der Waals surface area contributed by atoms with E-state index in [4.69, 9.17) is 14.2 Å². The molecule has 0 saturated carbocycles. The molecular weight excluding hydrogens is 282 g/mol. The molecule has 0 aromatic carbocycles. The lowest BCUT2D eigenvalue weighted by Crippen LogP contribution is -2.40. The molecule has 1 aliphatic heterocycles. The molecule has 1 atom stereocenters. The van der Waals surface area contributed by atoms with Gasteiger partial charge < -0.3 is 25.1 Å². The van der Waals surface area contributed by atoms with E-state index in [0.717, 1.165) is 37.3 Å². The summed E-state index contributed by atoms with van der Waals surface area (Å²) in [4.78, 5) is 3.37. The van der Waals surface area contributed by atoms with Crippen molar-refractivity contribution in [3.8, 4) is 0 Å². The van der Waals surface area contributed by atoms with Crippen molar-refractivity contribution in [2.75, 3.05) is 32.9 Å². The van der Waals surface area contributed by atoms with Gasteiger partial charge in [-0.05, 0) is 18.9 Å². The highest BCUT2D eigenvalue weighted by Gasteiger charge is 2.32. The van der Waals surface area contributed by atoms with Crippen molar-refractivity contribution in [3.63, 3.8) is 0 Å². The zero-order valence-corrected chi connectivity index (χ0v) is 13.4. The summed E-state index contributed by atoms with van der Waals surface area (Å²) in [6.07, 6.45) is 4.10. The van der Waals surface area contributed by atoms with E-state index in [1.165, 1.54) is 0 Å². The lowest BCUT2D eigenvalue weighted by molar-refractivity contribution is -0.0144. The number of ether oxygens (including phenoxy) is 3. The number of morpholine rings is 1. The number of hydrogen-bond acceptors (Lipinski definition) is 4.